The van der Waals surface area contributed by atoms with E-state index in [4.69, 9.17) is 16.3 Å². The Morgan fingerprint density at radius 3 is 2.78 bits per heavy atom. The van der Waals surface area contributed by atoms with Gasteiger partial charge in [-0.15, -0.1) is 0 Å². The minimum absolute atomic E-state index is 0.0364. The Hall–Kier alpha value is -2.79. The van der Waals surface area contributed by atoms with E-state index in [9.17, 15) is 9.90 Å². The van der Waals surface area contributed by atoms with E-state index in [1.165, 1.54) is 6.20 Å². The minimum Gasteiger partial charge on any atom is -0.545 e. The Morgan fingerprint density at radius 2 is 2.09 bits per heavy atom. The molecule has 3 aromatic rings. The molecule has 3 rings (SSSR count). The number of halogens is 1. The van der Waals surface area contributed by atoms with Gasteiger partial charge in [-0.3, -0.25) is 4.98 Å². The maximum absolute atomic E-state index is 11.4. The van der Waals surface area contributed by atoms with E-state index >= 15 is 0 Å². The summed E-state index contributed by atoms with van der Waals surface area (Å²) in [4.78, 5) is 15.6. The first-order chi connectivity index (χ1) is 11.1. The maximum atomic E-state index is 11.4. The quantitative estimate of drug-likeness (QED) is 0.797. The van der Waals surface area contributed by atoms with E-state index in [2.05, 4.69) is 10.3 Å². The number of anilines is 2. The first-order valence-electron chi connectivity index (χ1n) is 6.79. The summed E-state index contributed by atoms with van der Waals surface area (Å²) in [5, 5.41) is 15.7. The van der Waals surface area contributed by atoms with Gasteiger partial charge in [0.05, 0.1) is 24.3 Å². The molecule has 0 radical (unpaired) electrons. The number of aromatic carboxylic acids is 1. The minimum atomic E-state index is -1.31. The second kappa shape index (κ2) is 6.14. The van der Waals surface area contributed by atoms with Gasteiger partial charge in [-0.2, -0.15) is 0 Å². The third-order valence-corrected chi connectivity index (χ3v) is 3.62. The maximum Gasteiger partial charge on any atom is 0.119 e. The van der Waals surface area contributed by atoms with Gasteiger partial charge in [0.25, 0.3) is 0 Å². The van der Waals surface area contributed by atoms with Crippen molar-refractivity contribution in [1.29, 1.82) is 0 Å². The lowest BCUT2D eigenvalue weighted by molar-refractivity contribution is -0.254. The monoisotopic (exact) mass is 327 g/mol. The Balaban J connectivity index is 2.21. The zero-order chi connectivity index (χ0) is 16.4. The molecule has 5 nitrogen and oxygen atoms in total. The molecule has 0 atom stereocenters. The van der Waals surface area contributed by atoms with Crippen molar-refractivity contribution >= 4 is 39.8 Å². The predicted octanol–water partition coefficient (Wildman–Crippen LogP) is 3.00. The lowest BCUT2D eigenvalue weighted by Crippen LogP contribution is -2.23. The van der Waals surface area contributed by atoms with Crippen LogP contribution in [0.2, 0.25) is 5.02 Å². The highest BCUT2D eigenvalue weighted by Crippen LogP contribution is 2.32. The van der Waals surface area contributed by atoms with Crippen LogP contribution >= 0.6 is 11.6 Å². The molecule has 0 aliphatic rings. The van der Waals surface area contributed by atoms with E-state index in [0.29, 0.717) is 33.0 Å². The van der Waals surface area contributed by atoms with Gasteiger partial charge in [-0.25, -0.2) is 0 Å². The number of carboxylic acid groups (broad SMARTS) is 1. The summed E-state index contributed by atoms with van der Waals surface area (Å²) in [6.45, 7) is 0. The van der Waals surface area contributed by atoms with Crippen molar-refractivity contribution in [3.63, 3.8) is 0 Å². The summed E-state index contributed by atoms with van der Waals surface area (Å²) >= 11 is 5.98. The Bertz CT molecular complexity index is 896. The number of nitrogens with one attached hydrogen (secondary N) is 1. The molecule has 0 aliphatic carbocycles. The second-order valence-electron chi connectivity index (χ2n) is 4.85. The highest BCUT2D eigenvalue weighted by Gasteiger charge is 2.11. The first kappa shape index (κ1) is 15.1. The molecule has 0 spiro atoms. The Labute approximate surface area is 137 Å². The van der Waals surface area contributed by atoms with Gasteiger partial charge in [0.15, 0.2) is 0 Å². The molecule has 2 aromatic carbocycles. The fraction of sp³-hybridized carbons (Fsp3) is 0.0588. The standard InChI is InChI=1S/C17H13ClN2O3/c1-23-12-5-6-15-13(8-12)16(14(9-19-15)17(21)22)20-11-4-2-3-10(18)7-11/h2-9H,1H3,(H,19,20)(H,21,22)/p-1. The number of pyridine rings is 1. The predicted molar refractivity (Wildman–Crippen MR) is 87.4 cm³/mol. The van der Waals surface area contributed by atoms with Crippen molar-refractivity contribution in [3.05, 3.63) is 59.2 Å². The van der Waals surface area contributed by atoms with Gasteiger partial charge in [0.1, 0.15) is 5.75 Å². The molecular weight excluding hydrogens is 316 g/mol. The molecule has 0 saturated heterocycles. The van der Waals surface area contributed by atoms with Crippen LogP contribution in [0.25, 0.3) is 10.9 Å². The summed E-state index contributed by atoms with van der Waals surface area (Å²) in [5.74, 6) is -0.712. The smallest absolute Gasteiger partial charge is 0.119 e. The topological polar surface area (TPSA) is 74.3 Å². The van der Waals surface area contributed by atoms with Crippen LogP contribution in [0, 0.1) is 0 Å². The van der Waals surface area contributed by atoms with Crippen LogP contribution < -0.4 is 15.2 Å². The summed E-state index contributed by atoms with van der Waals surface area (Å²) < 4.78 is 5.21. The van der Waals surface area contributed by atoms with Crippen molar-refractivity contribution in [2.24, 2.45) is 0 Å². The van der Waals surface area contributed by atoms with E-state index in [1.807, 2.05) is 0 Å². The first-order valence-corrected chi connectivity index (χ1v) is 7.17. The number of methoxy groups -OCH3 is 1. The van der Waals surface area contributed by atoms with Gasteiger partial charge < -0.3 is 20.0 Å². The number of hydrogen-bond donors (Lipinski definition) is 1. The molecule has 0 saturated carbocycles. The molecule has 1 N–H and O–H groups in total. The summed E-state index contributed by atoms with van der Waals surface area (Å²) in [7, 11) is 1.54. The fourth-order valence-corrected chi connectivity index (χ4v) is 2.49. The molecule has 0 aliphatic heterocycles. The highest BCUT2D eigenvalue weighted by molar-refractivity contribution is 6.30. The number of aromatic nitrogens is 1. The van der Waals surface area contributed by atoms with Crippen molar-refractivity contribution in [3.8, 4) is 5.75 Å². The number of hydrogen-bond acceptors (Lipinski definition) is 5. The van der Waals surface area contributed by atoms with Crippen molar-refractivity contribution in [2.75, 3.05) is 12.4 Å². The van der Waals surface area contributed by atoms with Gasteiger partial charge in [0.2, 0.25) is 0 Å². The molecule has 0 unspecified atom stereocenters. The molecule has 1 heterocycles. The van der Waals surface area contributed by atoms with Crippen molar-refractivity contribution in [1.82, 2.24) is 4.98 Å². The average molecular weight is 328 g/mol. The zero-order valence-corrected chi connectivity index (χ0v) is 12.9. The van der Waals surface area contributed by atoms with E-state index in [-0.39, 0.29) is 5.56 Å². The van der Waals surface area contributed by atoms with Crippen LogP contribution in [0.1, 0.15) is 10.4 Å². The normalized spacial score (nSPS) is 10.5. The van der Waals surface area contributed by atoms with Gasteiger partial charge in [0, 0.05) is 27.9 Å². The molecule has 0 fully saturated rings. The van der Waals surface area contributed by atoms with Crippen LogP contribution in [0.15, 0.2) is 48.7 Å². The molecule has 116 valence electrons. The van der Waals surface area contributed by atoms with E-state index in [0.717, 1.165) is 0 Å². The van der Waals surface area contributed by atoms with E-state index < -0.39 is 5.97 Å². The SMILES string of the molecule is COc1ccc2ncc(C(=O)[O-])c(Nc3cccc(Cl)c3)c2c1. The van der Waals surface area contributed by atoms with Gasteiger partial charge in [-0.1, -0.05) is 17.7 Å². The summed E-state index contributed by atoms with van der Waals surface area (Å²) in [5.41, 5.74) is 1.65. The lowest BCUT2D eigenvalue weighted by atomic mass is 10.1. The average Bonchev–Trinajstić information content (AvgIpc) is 2.54. The lowest BCUT2D eigenvalue weighted by Gasteiger charge is -2.16. The molecule has 23 heavy (non-hydrogen) atoms. The largest absolute Gasteiger partial charge is 0.545 e. The summed E-state index contributed by atoms with van der Waals surface area (Å²) in [6.07, 6.45) is 1.27. The number of nitrogens with zero attached hydrogens (tertiary/aromatic N) is 1. The molecule has 1 aromatic heterocycles. The van der Waals surface area contributed by atoms with Crippen LogP contribution in [0.5, 0.6) is 5.75 Å². The molecule has 0 bridgehead atoms. The number of benzene rings is 2. The van der Waals surface area contributed by atoms with Gasteiger partial charge in [-0.05, 0) is 36.4 Å². The van der Waals surface area contributed by atoms with E-state index in [1.54, 1.807) is 49.6 Å². The zero-order valence-electron chi connectivity index (χ0n) is 12.2. The number of carbonyl (C=O) groups is 1. The third kappa shape index (κ3) is 3.05. The fourth-order valence-electron chi connectivity index (χ4n) is 2.30. The molecular formula is C17H12ClN2O3-. The number of rotatable bonds is 4. The van der Waals surface area contributed by atoms with Crippen LogP contribution in [-0.2, 0) is 0 Å². The third-order valence-electron chi connectivity index (χ3n) is 3.39. The Kier molecular flexibility index (Phi) is 4.04. The molecule has 6 heteroatoms. The number of ether oxygens (including phenoxy) is 1. The number of fused-ring (bicyclic) bond motifs is 1. The summed E-state index contributed by atoms with van der Waals surface area (Å²) in [6, 6.07) is 12.2. The van der Waals surface area contributed by atoms with Crippen LogP contribution in [-0.4, -0.2) is 18.1 Å². The van der Waals surface area contributed by atoms with Crippen LogP contribution in [0.3, 0.4) is 0 Å². The highest BCUT2D eigenvalue weighted by atomic mass is 35.5. The molecule has 0 amide bonds. The number of carbonyl (C=O) groups excluding carboxylic acids is 1. The Morgan fingerprint density at radius 1 is 1.26 bits per heavy atom. The van der Waals surface area contributed by atoms with Crippen molar-refractivity contribution in [2.45, 2.75) is 0 Å². The second-order valence-corrected chi connectivity index (χ2v) is 5.29. The van der Waals surface area contributed by atoms with Gasteiger partial charge >= 0.3 is 0 Å². The van der Waals surface area contributed by atoms with Crippen molar-refractivity contribution < 1.29 is 14.6 Å². The number of carboxylic acids is 1. The van der Waals surface area contributed by atoms with Crippen LogP contribution in [0.4, 0.5) is 11.4 Å².